The SMILES string of the molecule is CCCSCc1nc(C)c(CCCN)c(C)n1. The maximum Gasteiger partial charge on any atom is 0.138 e. The van der Waals surface area contributed by atoms with E-state index in [2.05, 4.69) is 30.7 Å². The molecule has 0 aliphatic rings. The van der Waals surface area contributed by atoms with Gasteiger partial charge >= 0.3 is 0 Å². The molecule has 1 aromatic heterocycles. The summed E-state index contributed by atoms with van der Waals surface area (Å²) in [5.74, 6) is 3.07. The summed E-state index contributed by atoms with van der Waals surface area (Å²) in [6.07, 6.45) is 3.21. The van der Waals surface area contributed by atoms with Gasteiger partial charge in [-0.05, 0) is 51.0 Å². The number of nitrogens with zero attached hydrogens (tertiary/aromatic N) is 2. The van der Waals surface area contributed by atoms with Gasteiger partial charge in [0.15, 0.2) is 0 Å². The fraction of sp³-hybridized carbons (Fsp3) is 0.692. The lowest BCUT2D eigenvalue weighted by Crippen LogP contribution is -2.07. The molecule has 0 aliphatic heterocycles. The third-order valence-corrected chi connectivity index (χ3v) is 3.84. The van der Waals surface area contributed by atoms with E-state index in [0.29, 0.717) is 0 Å². The van der Waals surface area contributed by atoms with E-state index in [1.54, 1.807) is 0 Å². The molecule has 17 heavy (non-hydrogen) atoms. The Balaban J connectivity index is 2.71. The minimum atomic E-state index is 0.729. The van der Waals surface area contributed by atoms with Crippen LogP contribution in [0.1, 0.15) is 42.5 Å². The van der Waals surface area contributed by atoms with Crippen molar-refractivity contribution in [1.82, 2.24) is 9.97 Å². The van der Waals surface area contributed by atoms with Crippen LogP contribution in [0.15, 0.2) is 0 Å². The number of hydrogen-bond donors (Lipinski definition) is 1. The van der Waals surface area contributed by atoms with Gasteiger partial charge in [0.25, 0.3) is 0 Å². The Kier molecular flexibility index (Phi) is 6.52. The molecule has 2 N–H and O–H groups in total. The molecule has 0 radical (unpaired) electrons. The summed E-state index contributed by atoms with van der Waals surface area (Å²) in [7, 11) is 0. The molecule has 0 saturated heterocycles. The van der Waals surface area contributed by atoms with Crippen LogP contribution in [0.2, 0.25) is 0 Å². The van der Waals surface area contributed by atoms with E-state index in [9.17, 15) is 0 Å². The van der Waals surface area contributed by atoms with Gasteiger partial charge in [-0.2, -0.15) is 11.8 Å². The third-order valence-electron chi connectivity index (χ3n) is 2.68. The molecule has 0 saturated carbocycles. The van der Waals surface area contributed by atoms with Crippen molar-refractivity contribution in [3.8, 4) is 0 Å². The molecule has 1 aromatic rings. The second-order valence-electron chi connectivity index (χ2n) is 4.23. The van der Waals surface area contributed by atoms with Gasteiger partial charge in [0.2, 0.25) is 0 Å². The van der Waals surface area contributed by atoms with E-state index >= 15 is 0 Å². The molecule has 96 valence electrons. The van der Waals surface area contributed by atoms with Gasteiger partial charge < -0.3 is 5.73 Å². The smallest absolute Gasteiger partial charge is 0.138 e. The van der Waals surface area contributed by atoms with Gasteiger partial charge in [0.05, 0.1) is 5.75 Å². The molecule has 4 heteroatoms. The van der Waals surface area contributed by atoms with E-state index in [4.69, 9.17) is 5.73 Å². The van der Waals surface area contributed by atoms with Gasteiger partial charge in [-0.15, -0.1) is 0 Å². The molecule has 0 bridgehead atoms. The van der Waals surface area contributed by atoms with Crippen molar-refractivity contribution in [2.24, 2.45) is 5.73 Å². The van der Waals surface area contributed by atoms with E-state index in [1.807, 2.05) is 11.8 Å². The van der Waals surface area contributed by atoms with Crippen molar-refractivity contribution in [3.05, 3.63) is 22.8 Å². The quantitative estimate of drug-likeness (QED) is 0.759. The van der Waals surface area contributed by atoms with Gasteiger partial charge in [-0.3, -0.25) is 0 Å². The minimum absolute atomic E-state index is 0.729. The lowest BCUT2D eigenvalue weighted by molar-refractivity contribution is 0.796. The maximum absolute atomic E-state index is 5.54. The summed E-state index contributed by atoms with van der Waals surface area (Å²) >= 11 is 1.90. The van der Waals surface area contributed by atoms with Gasteiger partial charge in [0.1, 0.15) is 5.82 Å². The first-order valence-corrected chi connectivity index (χ1v) is 7.45. The van der Waals surface area contributed by atoms with Crippen molar-refractivity contribution in [2.45, 2.75) is 45.8 Å². The Bertz CT molecular complexity index is 330. The summed E-state index contributed by atoms with van der Waals surface area (Å²) < 4.78 is 0. The van der Waals surface area contributed by atoms with Crippen molar-refractivity contribution >= 4 is 11.8 Å². The zero-order valence-corrected chi connectivity index (χ0v) is 11.9. The van der Waals surface area contributed by atoms with E-state index in [1.165, 1.54) is 17.7 Å². The number of hydrogen-bond acceptors (Lipinski definition) is 4. The van der Waals surface area contributed by atoms with Crippen LogP contribution < -0.4 is 5.73 Å². The Morgan fingerprint density at radius 2 is 1.82 bits per heavy atom. The molecular weight excluding hydrogens is 230 g/mol. The first-order valence-electron chi connectivity index (χ1n) is 6.29. The molecule has 0 fully saturated rings. The van der Waals surface area contributed by atoms with Crippen molar-refractivity contribution < 1.29 is 0 Å². The molecule has 0 aromatic carbocycles. The van der Waals surface area contributed by atoms with Gasteiger partial charge in [-0.1, -0.05) is 6.92 Å². The molecule has 0 aliphatic carbocycles. The molecule has 3 nitrogen and oxygen atoms in total. The third kappa shape index (κ3) is 4.64. The van der Waals surface area contributed by atoms with Gasteiger partial charge in [0, 0.05) is 11.4 Å². The number of thioether (sulfide) groups is 1. The zero-order chi connectivity index (χ0) is 12.7. The van der Waals surface area contributed by atoms with Crippen molar-refractivity contribution in [3.63, 3.8) is 0 Å². The Morgan fingerprint density at radius 1 is 1.18 bits per heavy atom. The van der Waals surface area contributed by atoms with E-state index in [0.717, 1.165) is 42.4 Å². The standard InChI is InChI=1S/C13H23N3S/c1-4-8-17-9-13-15-10(2)12(6-5-7-14)11(3)16-13/h4-9,14H2,1-3H3. The highest BCUT2D eigenvalue weighted by molar-refractivity contribution is 7.98. The van der Waals surface area contributed by atoms with Crippen molar-refractivity contribution in [1.29, 1.82) is 0 Å². The zero-order valence-electron chi connectivity index (χ0n) is 11.1. The molecule has 1 heterocycles. The van der Waals surface area contributed by atoms with Gasteiger partial charge in [-0.25, -0.2) is 9.97 Å². The Hall–Kier alpha value is -0.610. The van der Waals surface area contributed by atoms with Crippen LogP contribution >= 0.6 is 11.8 Å². The average Bonchev–Trinajstić information content (AvgIpc) is 2.28. The van der Waals surface area contributed by atoms with Crippen LogP contribution in [-0.4, -0.2) is 22.3 Å². The number of aromatic nitrogens is 2. The fourth-order valence-electron chi connectivity index (χ4n) is 1.82. The second kappa shape index (κ2) is 7.67. The summed E-state index contributed by atoms with van der Waals surface area (Å²) in [6.45, 7) is 7.08. The lowest BCUT2D eigenvalue weighted by atomic mass is 10.1. The topological polar surface area (TPSA) is 51.8 Å². The van der Waals surface area contributed by atoms with Crippen molar-refractivity contribution in [2.75, 3.05) is 12.3 Å². The molecular formula is C13H23N3S. The number of rotatable bonds is 7. The largest absolute Gasteiger partial charge is 0.330 e. The Morgan fingerprint density at radius 3 is 2.35 bits per heavy atom. The highest BCUT2D eigenvalue weighted by Crippen LogP contribution is 2.15. The molecule has 0 spiro atoms. The minimum Gasteiger partial charge on any atom is -0.330 e. The lowest BCUT2D eigenvalue weighted by Gasteiger charge is -2.10. The fourth-order valence-corrected chi connectivity index (χ4v) is 2.57. The molecule has 1 rings (SSSR count). The van der Waals surface area contributed by atoms with Crippen LogP contribution in [0.25, 0.3) is 0 Å². The van der Waals surface area contributed by atoms with E-state index in [-0.39, 0.29) is 0 Å². The first-order chi connectivity index (χ1) is 8.19. The van der Waals surface area contributed by atoms with Crippen LogP contribution in [0.5, 0.6) is 0 Å². The molecule has 0 amide bonds. The highest BCUT2D eigenvalue weighted by Gasteiger charge is 2.07. The van der Waals surface area contributed by atoms with Crippen LogP contribution in [0, 0.1) is 13.8 Å². The monoisotopic (exact) mass is 253 g/mol. The molecule has 0 unspecified atom stereocenters. The highest BCUT2D eigenvalue weighted by atomic mass is 32.2. The molecule has 0 atom stereocenters. The summed E-state index contributed by atoms with van der Waals surface area (Å²) in [4.78, 5) is 9.17. The predicted octanol–water partition coefficient (Wildman–Crippen LogP) is 2.63. The normalized spacial score (nSPS) is 10.8. The average molecular weight is 253 g/mol. The summed E-state index contributed by atoms with van der Waals surface area (Å²) in [5, 5.41) is 0. The first kappa shape index (κ1) is 14.5. The predicted molar refractivity (Wildman–Crippen MR) is 75.3 cm³/mol. The van der Waals surface area contributed by atoms with Crippen LogP contribution in [0.4, 0.5) is 0 Å². The number of nitrogens with two attached hydrogens (primary N) is 1. The second-order valence-corrected chi connectivity index (χ2v) is 5.34. The van der Waals surface area contributed by atoms with E-state index < -0.39 is 0 Å². The number of aryl methyl sites for hydroxylation is 2. The van der Waals surface area contributed by atoms with Crippen LogP contribution in [-0.2, 0) is 12.2 Å². The van der Waals surface area contributed by atoms with Crippen LogP contribution in [0.3, 0.4) is 0 Å². The summed E-state index contributed by atoms with van der Waals surface area (Å²) in [5.41, 5.74) is 9.07. The maximum atomic E-state index is 5.54. The summed E-state index contributed by atoms with van der Waals surface area (Å²) in [6, 6.07) is 0. The Labute approximate surface area is 109 Å².